The Morgan fingerprint density at radius 3 is 2.72 bits per heavy atom. The third-order valence-corrected chi connectivity index (χ3v) is 6.55. The molecule has 0 aliphatic carbocycles. The number of ether oxygens (including phenoxy) is 1. The van der Waals surface area contributed by atoms with E-state index in [0.717, 1.165) is 24.2 Å². The summed E-state index contributed by atoms with van der Waals surface area (Å²) in [4.78, 5) is 12.8. The number of aromatic nitrogens is 2. The quantitative estimate of drug-likeness (QED) is 0.667. The Balaban J connectivity index is 1.38. The van der Waals surface area contributed by atoms with Crippen molar-refractivity contribution in [2.45, 2.75) is 38.3 Å². The van der Waals surface area contributed by atoms with Crippen LogP contribution < -0.4 is 15.4 Å². The summed E-state index contributed by atoms with van der Waals surface area (Å²) in [7, 11) is 1.68. The fourth-order valence-electron chi connectivity index (χ4n) is 4.89. The van der Waals surface area contributed by atoms with Crippen LogP contribution in [-0.2, 0) is 13.0 Å². The number of nitrogens with two attached hydrogens (primary N) is 1. The summed E-state index contributed by atoms with van der Waals surface area (Å²) < 4.78 is 33.0. The molecule has 1 aromatic heterocycles. The normalized spacial score (nSPS) is 20.5. The number of alkyl halides is 2. The lowest BCUT2D eigenvalue weighted by molar-refractivity contribution is 0.0136. The van der Waals surface area contributed by atoms with Gasteiger partial charge in [0.15, 0.2) is 0 Å². The molecule has 3 aromatic rings. The zero-order valence-corrected chi connectivity index (χ0v) is 18.3. The van der Waals surface area contributed by atoms with Crippen LogP contribution in [0.4, 0.5) is 20.3 Å². The average molecular weight is 440 g/mol. The maximum atomic E-state index is 13.6. The molecule has 0 saturated carbocycles. The van der Waals surface area contributed by atoms with E-state index >= 15 is 0 Å². The second-order valence-corrected chi connectivity index (χ2v) is 8.88. The highest BCUT2D eigenvalue weighted by Crippen LogP contribution is 2.34. The summed E-state index contributed by atoms with van der Waals surface area (Å²) in [5.74, 6) is -2.28. The van der Waals surface area contributed by atoms with Gasteiger partial charge in [0.05, 0.1) is 18.8 Å². The minimum absolute atomic E-state index is 0.108. The van der Waals surface area contributed by atoms with Gasteiger partial charge in [0.1, 0.15) is 12.4 Å². The van der Waals surface area contributed by atoms with Crippen LogP contribution in [0.3, 0.4) is 0 Å². The van der Waals surface area contributed by atoms with E-state index in [0.29, 0.717) is 12.4 Å². The Bertz CT molecular complexity index is 1160. The van der Waals surface area contributed by atoms with Crippen LogP contribution in [0.2, 0.25) is 0 Å². The Kier molecular flexibility index (Phi) is 5.12. The molecule has 2 aliphatic heterocycles. The molecule has 1 fully saturated rings. The molecule has 2 N–H and O–H groups in total. The summed E-state index contributed by atoms with van der Waals surface area (Å²) in [6, 6.07) is 12.4. The number of hydrogen-bond acceptors (Lipinski definition) is 6. The molecular formula is C24H27F2N5O. The molecule has 32 heavy (non-hydrogen) atoms. The minimum atomic E-state index is -2.68. The number of benzene rings is 2. The van der Waals surface area contributed by atoms with Crippen LogP contribution in [0.5, 0.6) is 6.01 Å². The van der Waals surface area contributed by atoms with Gasteiger partial charge in [-0.05, 0) is 37.4 Å². The lowest BCUT2D eigenvalue weighted by Crippen LogP contribution is -2.33. The Morgan fingerprint density at radius 2 is 1.97 bits per heavy atom. The standard InChI is InChI=1S/C24H27F2N5O/c1-15-5-3-6-16-7-4-8-20(21(15)16)31-10-9-18-19(12-31)28-23(29-22(18)27)32-13-17-11-24(25,26)14-30(17)2/h3-8,17H,9-14H2,1-2H3,(H2,27,28,29)/t17-/m0/s1. The van der Waals surface area contributed by atoms with E-state index in [1.54, 1.807) is 11.9 Å². The second-order valence-electron chi connectivity index (χ2n) is 8.88. The van der Waals surface area contributed by atoms with E-state index in [-0.39, 0.29) is 31.6 Å². The van der Waals surface area contributed by atoms with Crippen molar-refractivity contribution < 1.29 is 13.5 Å². The van der Waals surface area contributed by atoms with E-state index in [2.05, 4.69) is 58.2 Å². The largest absolute Gasteiger partial charge is 0.462 e. The van der Waals surface area contributed by atoms with Gasteiger partial charge in [0.25, 0.3) is 5.92 Å². The van der Waals surface area contributed by atoms with Gasteiger partial charge < -0.3 is 15.4 Å². The molecule has 0 spiro atoms. The van der Waals surface area contributed by atoms with E-state index in [1.165, 1.54) is 22.0 Å². The first kappa shape index (κ1) is 20.9. The van der Waals surface area contributed by atoms with Gasteiger partial charge in [-0.25, -0.2) is 8.78 Å². The molecule has 2 aliphatic rings. The fourth-order valence-corrected chi connectivity index (χ4v) is 4.89. The van der Waals surface area contributed by atoms with Gasteiger partial charge in [-0.15, -0.1) is 0 Å². The van der Waals surface area contributed by atoms with Crippen molar-refractivity contribution in [1.29, 1.82) is 0 Å². The molecule has 0 unspecified atom stereocenters. The maximum absolute atomic E-state index is 13.6. The molecular weight excluding hydrogens is 412 g/mol. The predicted octanol–water partition coefficient (Wildman–Crippen LogP) is 3.80. The number of aryl methyl sites for hydroxylation is 1. The number of halogens is 2. The zero-order chi connectivity index (χ0) is 22.5. The number of fused-ring (bicyclic) bond motifs is 2. The minimum Gasteiger partial charge on any atom is -0.462 e. The number of nitrogen functional groups attached to an aromatic ring is 1. The number of rotatable bonds is 4. The van der Waals surface area contributed by atoms with E-state index in [4.69, 9.17) is 10.5 Å². The van der Waals surface area contributed by atoms with Gasteiger partial charge >= 0.3 is 6.01 Å². The van der Waals surface area contributed by atoms with Crippen molar-refractivity contribution in [2.24, 2.45) is 0 Å². The summed E-state index contributed by atoms with van der Waals surface area (Å²) in [6.07, 6.45) is 0.513. The maximum Gasteiger partial charge on any atom is 0.318 e. The molecule has 0 radical (unpaired) electrons. The number of likely N-dealkylation sites (N-methyl/N-ethyl adjacent to an activating group) is 1. The van der Waals surface area contributed by atoms with Gasteiger partial charge in [-0.3, -0.25) is 4.90 Å². The smallest absolute Gasteiger partial charge is 0.318 e. The molecule has 1 atom stereocenters. The van der Waals surface area contributed by atoms with Crippen molar-refractivity contribution in [1.82, 2.24) is 14.9 Å². The topological polar surface area (TPSA) is 67.5 Å². The lowest BCUT2D eigenvalue weighted by atomic mass is 10.00. The van der Waals surface area contributed by atoms with Gasteiger partial charge in [0.2, 0.25) is 0 Å². The van der Waals surface area contributed by atoms with Crippen molar-refractivity contribution in [2.75, 3.05) is 37.4 Å². The molecule has 1 saturated heterocycles. The summed E-state index contributed by atoms with van der Waals surface area (Å²) >= 11 is 0. The first-order valence-corrected chi connectivity index (χ1v) is 10.9. The average Bonchev–Trinajstić information content (AvgIpc) is 3.03. The lowest BCUT2D eigenvalue weighted by Gasteiger charge is -2.31. The van der Waals surface area contributed by atoms with Crippen LogP contribution >= 0.6 is 0 Å². The Morgan fingerprint density at radius 1 is 1.19 bits per heavy atom. The predicted molar refractivity (Wildman–Crippen MR) is 121 cm³/mol. The van der Waals surface area contributed by atoms with Crippen molar-refractivity contribution in [3.63, 3.8) is 0 Å². The third-order valence-electron chi connectivity index (χ3n) is 6.55. The first-order chi connectivity index (χ1) is 15.3. The molecule has 168 valence electrons. The van der Waals surface area contributed by atoms with Gasteiger partial charge in [-0.2, -0.15) is 9.97 Å². The fraction of sp³-hybridized carbons (Fsp3) is 0.417. The molecule has 2 aromatic carbocycles. The molecule has 0 amide bonds. The molecule has 3 heterocycles. The molecule has 5 rings (SSSR count). The number of likely N-dealkylation sites (tertiary alicyclic amines) is 1. The monoisotopic (exact) mass is 439 g/mol. The SMILES string of the molecule is Cc1cccc2cccc(N3CCc4c(N)nc(OC[C@@H]5CC(F)(F)CN5C)nc4C3)c12. The second kappa shape index (κ2) is 7.85. The van der Waals surface area contributed by atoms with Crippen molar-refractivity contribution in [3.05, 3.63) is 53.2 Å². The highest BCUT2D eigenvalue weighted by molar-refractivity contribution is 5.97. The number of hydrogen-bond donors (Lipinski definition) is 1. The number of anilines is 2. The summed E-state index contributed by atoms with van der Waals surface area (Å²) in [5.41, 5.74) is 10.4. The summed E-state index contributed by atoms with van der Waals surface area (Å²) in [6.45, 7) is 3.38. The molecule has 8 heteroatoms. The van der Waals surface area contributed by atoms with Crippen LogP contribution in [0.1, 0.15) is 23.2 Å². The van der Waals surface area contributed by atoms with Crippen LogP contribution in [0.25, 0.3) is 10.8 Å². The van der Waals surface area contributed by atoms with Crippen molar-refractivity contribution >= 4 is 22.3 Å². The first-order valence-electron chi connectivity index (χ1n) is 10.9. The van der Waals surface area contributed by atoms with Crippen LogP contribution in [0.15, 0.2) is 36.4 Å². The zero-order valence-electron chi connectivity index (χ0n) is 18.3. The van der Waals surface area contributed by atoms with Gasteiger partial charge in [0, 0.05) is 35.6 Å². The molecule has 0 bridgehead atoms. The third kappa shape index (κ3) is 3.83. The van der Waals surface area contributed by atoms with Crippen LogP contribution in [-0.4, -0.2) is 53.6 Å². The number of nitrogens with zero attached hydrogens (tertiary/aromatic N) is 4. The molecule has 6 nitrogen and oxygen atoms in total. The summed E-state index contributed by atoms with van der Waals surface area (Å²) in [5, 5.41) is 2.44. The van der Waals surface area contributed by atoms with Crippen molar-refractivity contribution in [3.8, 4) is 6.01 Å². The van der Waals surface area contributed by atoms with Gasteiger partial charge in [-0.1, -0.05) is 30.3 Å². The van der Waals surface area contributed by atoms with E-state index < -0.39 is 5.92 Å². The van der Waals surface area contributed by atoms with E-state index in [9.17, 15) is 8.78 Å². The Hall–Kier alpha value is -3.00. The van der Waals surface area contributed by atoms with Crippen LogP contribution in [0, 0.1) is 6.92 Å². The van der Waals surface area contributed by atoms with E-state index in [1.807, 2.05) is 0 Å². The highest BCUT2D eigenvalue weighted by atomic mass is 19.3. The highest BCUT2D eigenvalue weighted by Gasteiger charge is 2.43. The Labute approximate surface area is 186 Å².